The van der Waals surface area contributed by atoms with Crippen LogP contribution in [0.2, 0.25) is 5.02 Å². The van der Waals surface area contributed by atoms with Gasteiger partial charge in [0.1, 0.15) is 5.82 Å². The summed E-state index contributed by atoms with van der Waals surface area (Å²) in [4.78, 5) is 31.8. The van der Waals surface area contributed by atoms with Gasteiger partial charge >= 0.3 is 0 Å². The molecule has 0 unspecified atom stereocenters. The standard InChI is InChI=1S/C25H21ClN4O2/c26-19-9-10-23(28-16-19)29-24(31)17-11-13-30(14-12-17)25(32)22-8-4-3-7-21(22)20-6-2-1-5-18(20)15-27/h1-10,16-17H,11-14H2,(H,28,29,31). The highest BCUT2D eigenvalue weighted by Gasteiger charge is 2.29. The summed E-state index contributed by atoms with van der Waals surface area (Å²) in [6, 6.07) is 20.1. The first-order chi connectivity index (χ1) is 15.6. The highest BCUT2D eigenvalue weighted by atomic mass is 35.5. The van der Waals surface area contributed by atoms with Gasteiger partial charge in [0.05, 0.1) is 16.7 Å². The second-order valence-corrected chi connectivity index (χ2v) is 8.06. The van der Waals surface area contributed by atoms with Crippen molar-refractivity contribution < 1.29 is 9.59 Å². The van der Waals surface area contributed by atoms with E-state index in [0.29, 0.717) is 47.9 Å². The Labute approximate surface area is 191 Å². The van der Waals surface area contributed by atoms with Gasteiger partial charge in [0.2, 0.25) is 5.91 Å². The maximum Gasteiger partial charge on any atom is 0.254 e. The molecule has 2 amide bonds. The monoisotopic (exact) mass is 444 g/mol. The minimum absolute atomic E-state index is 0.0911. The number of carbonyl (C=O) groups is 2. The van der Waals surface area contributed by atoms with Gasteiger partial charge in [-0.1, -0.05) is 48.0 Å². The lowest BCUT2D eigenvalue weighted by Gasteiger charge is -2.31. The summed E-state index contributed by atoms with van der Waals surface area (Å²) in [6.45, 7) is 0.971. The second kappa shape index (κ2) is 9.63. The molecule has 2 aromatic carbocycles. The van der Waals surface area contributed by atoms with E-state index in [1.807, 2.05) is 36.4 Å². The van der Waals surface area contributed by atoms with Gasteiger partial charge in [-0.05, 0) is 42.7 Å². The van der Waals surface area contributed by atoms with Crippen LogP contribution in [0.15, 0.2) is 66.9 Å². The lowest BCUT2D eigenvalue weighted by molar-refractivity contribution is -0.121. The Morgan fingerprint density at radius 3 is 2.38 bits per heavy atom. The molecule has 3 aromatic rings. The number of nitrogens with one attached hydrogen (secondary N) is 1. The van der Waals surface area contributed by atoms with Crippen LogP contribution in [0.3, 0.4) is 0 Å². The van der Waals surface area contributed by atoms with Gasteiger partial charge in [0.15, 0.2) is 0 Å². The van der Waals surface area contributed by atoms with Crippen LogP contribution in [0, 0.1) is 17.2 Å². The third kappa shape index (κ3) is 4.63. The van der Waals surface area contributed by atoms with Gasteiger partial charge in [-0.3, -0.25) is 9.59 Å². The molecule has 1 aliphatic heterocycles. The van der Waals surface area contributed by atoms with Crippen molar-refractivity contribution in [3.63, 3.8) is 0 Å². The molecule has 32 heavy (non-hydrogen) atoms. The van der Waals surface area contributed by atoms with Gasteiger partial charge in [0.25, 0.3) is 5.91 Å². The molecule has 1 aliphatic rings. The van der Waals surface area contributed by atoms with Gasteiger partial charge in [-0.15, -0.1) is 0 Å². The number of halogens is 1. The minimum Gasteiger partial charge on any atom is -0.339 e. The van der Waals surface area contributed by atoms with Crippen molar-refractivity contribution in [3.8, 4) is 17.2 Å². The molecule has 160 valence electrons. The van der Waals surface area contributed by atoms with Crippen LogP contribution in [0.25, 0.3) is 11.1 Å². The number of benzene rings is 2. The van der Waals surface area contributed by atoms with Crippen molar-refractivity contribution in [1.29, 1.82) is 5.26 Å². The molecule has 0 bridgehead atoms. The fourth-order valence-electron chi connectivity index (χ4n) is 3.91. The predicted molar refractivity (Wildman–Crippen MR) is 123 cm³/mol. The number of nitriles is 1. The van der Waals surface area contributed by atoms with Gasteiger partial charge in [-0.25, -0.2) is 4.98 Å². The molecule has 2 heterocycles. The Balaban J connectivity index is 1.45. The molecule has 0 aliphatic carbocycles. The zero-order chi connectivity index (χ0) is 22.5. The average molecular weight is 445 g/mol. The molecule has 1 aromatic heterocycles. The van der Waals surface area contributed by atoms with Crippen molar-refractivity contribution >= 4 is 29.2 Å². The lowest BCUT2D eigenvalue weighted by atomic mass is 9.93. The van der Waals surface area contributed by atoms with Crippen LogP contribution in [0.5, 0.6) is 0 Å². The number of hydrogen-bond acceptors (Lipinski definition) is 4. The van der Waals surface area contributed by atoms with Crippen LogP contribution in [-0.2, 0) is 4.79 Å². The largest absolute Gasteiger partial charge is 0.339 e. The maximum atomic E-state index is 13.3. The molecule has 1 N–H and O–H groups in total. The molecule has 6 nitrogen and oxygen atoms in total. The highest BCUT2D eigenvalue weighted by molar-refractivity contribution is 6.30. The molecule has 7 heteroatoms. The van der Waals surface area contributed by atoms with E-state index in [1.165, 1.54) is 6.20 Å². The molecule has 0 spiro atoms. The Bertz CT molecular complexity index is 1180. The molecule has 4 rings (SSSR count). The van der Waals surface area contributed by atoms with Gasteiger partial charge in [-0.2, -0.15) is 5.26 Å². The van der Waals surface area contributed by atoms with Crippen molar-refractivity contribution in [3.05, 3.63) is 83.0 Å². The SMILES string of the molecule is N#Cc1ccccc1-c1ccccc1C(=O)N1CCC(C(=O)Nc2ccc(Cl)cn2)CC1. The van der Waals surface area contributed by atoms with E-state index in [9.17, 15) is 14.9 Å². The fraction of sp³-hybridized carbons (Fsp3) is 0.200. The fourth-order valence-corrected chi connectivity index (χ4v) is 4.02. The number of aromatic nitrogens is 1. The normalized spacial score (nSPS) is 13.9. The van der Waals surface area contributed by atoms with E-state index in [1.54, 1.807) is 29.2 Å². The van der Waals surface area contributed by atoms with Gasteiger partial charge in [0, 0.05) is 36.3 Å². The Kier molecular flexibility index (Phi) is 6.48. The summed E-state index contributed by atoms with van der Waals surface area (Å²) in [5, 5.41) is 12.8. The maximum absolute atomic E-state index is 13.3. The van der Waals surface area contributed by atoms with E-state index in [4.69, 9.17) is 11.6 Å². The minimum atomic E-state index is -0.189. The summed E-state index contributed by atoms with van der Waals surface area (Å²) in [5.41, 5.74) is 2.56. The van der Waals surface area contributed by atoms with E-state index in [-0.39, 0.29) is 17.7 Å². The number of likely N-dealkylation sites (tertiary alicyclic amines) is 1. The van der Waals surface area contributed by atoms with E-state index < -0.39 is 0 Å². The number of pyridine rings is 1. The smallest absolute Gasteiger partial charge is 0.254 e. The average Bonchev–Trinajstić information content (AvgIpc) is 2.85. The second-order valence-electron chi connectivity index (χ2n) is 7.62. The Morgan fingerprint density at radius 2 is 1.69 bits per heavy atom. The predicted octanol–water partition coefficient (Wildman–Crippen LogP) is 4.76. The number of piperidine rings is 1. The van der Waals surface area contributed by atoms with Crippen LogP contribution < -0.4 is 5.32 Å². The number of carbonyl (C=O) groups excluding carboxylic acids is 2. The van der Waals surface area contributed by atoms with E-state index in [2.05, 4.69) is 16.4 Å². The number of amides is 2. The summed E-state index contributed by atoms with van der Waals surface area (Å²) in [7, 11) is 0. The van der Waals surface area contributed by atoms with Crippen LogP contribution >= 0.6 is 11.6 Å². The summed E-state index contributed by atoms with van der Waals surface area (Å²) >= 11 is 5.83. The molecule has 0 saturated carbocycles. The summed E-state index contributed by atoms with van der Waals surface area (Å²) < 4.78 is 0. The Hall–Kier alpha value is -3.69. The molecule has 0 atom stereocenters. The quantitative estimate of drug-likeness (QED) is 0.628. The third-order valence-electron chi connectivity index (χ3n) is 5.63. The number of nitrogens with zero attached hydrogens (tertiary/aromatic N) is 3. The summed E-state index contributed by atoms with van der Waals surface area (Å²) in [5.74, 6) is 0.0796. The zero-order valence-corrected chi connectivity index (χ0v) is 18.0. The summed E-state index contributed by atoms with van der Waals surface area (Å²) in [6.07, 6.45) is 2.63. The first-order valence-corrected chi connectivity index (χ1v) is 10.7. The van der Waals surface area contributed by atoms with Crippen molar-refractivity contribution in [2.45, 2.75) is 12.8 Å². The van der Waals surface area contributed by atoms with Gasteiger partial charge < -0.3 is 10.2 Å². The van der Waals surface area contributed by atoms with Crippen molar-refractivity contribution in [2.24, 2.45) is 5.92 Å². The third-order valence-corrected chi connectivity index (χ3v) is 5.85. The van der Waals surface area contributed by atoms with E-state index in [0.717, 1.165) is 11.1 Å². The molecule has 1 fully saturated rings. The molecule has 1 saturated heterocycles. The zero-order valence-electron chi connectivity index (χ0n) is 17.3. The molecular weight excluding hydrogens is 424 g/mol. The molecular formula is C25H21ClN4O2. The number of hydrogen-bond donors (Lipinski definition) is 1. The van der Waals surface area contributed by atoms with Crippen molar-refractivity contribution in [2.75, 3.05) is 18.4 Å². The van der Waals surface area contributed by atoms with E-state index >= 15 is 0 Å². The number of anilines is 1. The van der Waals surface area contributed by atoms with Crippen LogP contribution in [0.1, 0.15) is 28.8 Å². The first kappa shape index (κ1) is 21.5. The lowest BCUT2D eigenvalue weighted by Crippen LogP contribution is -2.41. The van der Waals surface area contributed by atoms with Crippen LogP contribution in [-0.4, -0.2) is 34.8 Å². The topological polar surface area (TPSA) is 86.1 Å². The van der Waals surface area contributed by atoms with Crippen molar-refractivity contribution in [1.82, 2.24) is 9.88 Å². The molecule has 0 radical (unpaired) electrons. The van der Waals surface area contributed by atoms with Crippen LogP contribution in [0.4, 0.5) is 5.82 Å². The highest BCUT2D eigenvalue weighted by Crippen LogP contribution is 2.29. The first-order valence-electron chi connectivity index (χ1n) is 10.4. The number of rotatable bonds is 4. The Morgan fingerprint density at radius 1 is 1.00 bits per heavy atom.